The first-order valence-corrected chi connectivity index (χ1v) is 7.62. The molecule has 2 aromatic rings. The molecule has 2 aliphatic rings. The van der Waals surface area contributed by atoms with Gasteiger partial charge in [0, 0.05) is 31.7 Å². The first-order valence-electron chi connectivity index (χ1n) is 7.62. The molecule has 1 aromatic carbocycles. The van der Waals surface area contributed by atoms with E-state index in [4.69, 9.17) is 0 Å². The first-order chi connectivity index (χ1) is 10.3. The molecule has 0 bridgehead atoms. The largest absolute Gasteiger partial charge is 0.354 e. The molecule has 2 aliphatic heterocycles. The van der Waals surface area contributed by atoms with Crippen LogP contribution in [0.2, 0.25) is 0 Å². The molecule has 2 fully saturated rings. The third-order valence-corrected chi connectivity index (χ3v) is 4.71. The van der Waals surface area contributed by atoms with Gasteiger partial charge in [0.25, 0.3) is 0 Å². The van der Waals surface area contributed by atoms with E-state index in [0.717, 1.165) is 42.0 Å². The van der Waals surface area contributed by atoms with Gasteiger partial charge in [-0.2, -0.15) is 0 Å². The fourth-order valence-electron chi connectivity index (χ4n) is 3.67. The van der Waals surface area contributed by atoms with Crippen molar-refractivity contribution in [1.29, 1.82) is 0 Å². The zero-order valence-electron chi connectivity index (χ0n) is 12.3. The fraction of sp³-hybridized carbons (Fsp3) is 0.444. The maximum absolute atomic E-state index is 4.45. The molecule has 4 heteroatoms. The number of anilines is 1. The molecule has 4 rings (SSSR count). The molecule has 0 saturated carbocycles. The standard InChI is InChI=1S/C17H20N4.CH4/c1-20-9-14-11-21(12-15(14)10-20)17-8-7-16(18-19-17)13-5-3-2-4-6-13;/h2-8,14-15H,9-12H2,1H3;1H4. The molecule has 2 saturated heterocycles. The summed E-state index contributed by atoms with van der Waals surface area (Å²) in [6, 6.07) is 14.4. The number of benzene rings is 1. The lowest BCUT2D eigenvalue weighted by atomic mass is 10.0. The van der Waals surface area contributed by atoms with Gasteiger partial charge in [-0.3, -0.25) is 0 Å². The van der Waals surface area contributed by atoms with Gasteiger partial charge < -0.3 is 9.80 Å². The van der Waals surface area contributed by atoms with Gasteiger partial charge in [-0.15, -0.1) is 10.2 Å². The van der Waals surface area contributed by atoms with E-state index >= 15 is 0 Å². The van der Waals surface area contributed by atoms with Gasteiger partial charge in [-0.25, -0.2) is 0 Å². The Morgan fingerprint density at radius 2 is 1.55 bits per heavy atom. The summed E-state index contributed by atoms with van der Waals surface area (Å²) >= 11 is 0. The molecular weight excluding hydrogens is 272 g/mol. The van der Waals surface area contributed by atoms with Crippen LogP contribution in [-0.4, -0.2) is 48.3 Å². The first kappa shape index (κ1) is 15.0. The highest BCUT2D eigenvalue weighted by Crippen LogP contribution is 2.32. The third-order valence-electron chi connectivity index (χ3n) is 4.71. The Labute approximate surface area is 132 Å². The lowest BCUT2D eigenvalue weighted by molar-refractivity contribution is 0.387. The maximum Gasteiger partial charge on any atom is 0.151 e. The van der Waals surface area contributed by atoms with E-state index < -0.39 is 0 Å². The van der Waals surface area contributed by atoms with Crippen molar-refractivity contribution in [2.45, 2.75) is 7.43 Å². The minimum absolute atomic E-state index is 0. The van der Waals surface area contributed by atoms with Crippen molar-refractivity contribution in [1.82, 2.24) is 15.1 Å². The maximum atomic E-state index is 4.45. The van der Waals surface area contributed by atoms with E-state index in [1.54, 1.807) is 0 Å². The van der Waals surface area contributed by atoms with Crippen LogP contribution < -0.4 is 4.90 Å². The third kappa shape index (κ3) is 2.71. The predicted molar refractivity (Wildman–Crippen MR) is 90.9 cm³/mol. The van der Waals surface area contributed by atoms with Crippen molar-refractivity contribution in [3.8, 4) is 11.3 Å². The number of nitrogens with zero attached hydrogens (tertiary/aromatic N) is 4. The zero-order chi connectivity index (χ0) is 14.2. The van der Waals surface area contributed by atoms with Crippen LogP contribution in [0, 0.1) is 11.8 Å². The van der Waals surface area contributed by atoms with Crippen LogP contribution in [0.15, 0.2) is 42.5 Å². The summed E-state index contributed by atoms with van der Waals surface area (Å²) in [4.78, 5) is 4.83. The summed E-state index contributed by atoms with van der Waals surface area (Å²) in [6.07, 6.45) is 0. The van der Waals surface area contributed by atoms with E-state index in [2.05, 4.69) is 51.3 Å². The predicted octanol–water partition coefficient (Wildman–Crippen LogP) is 2.78. The van der Waals surface area contributed by atoms with Crippen molar-refractivity contribution in [3.63, 3.8) is 0 Å². The lowest BCUT2D eigenvalue weighted by Crippen LogP contribution is -2.27. The molecule has 2 atom stereocenters. The second-order valence-electron chi connectivity index (χ2n) is 6.29. The summed E-state index contributed by atoms with van der Waals surface area (Å²) in [5.41, 5.74) is 2.06. The molecule has 1 aromatic heterocycles. The molecule has 0 amide bonds. The van der Waals surface area contributed by atoms with E-state index in [1.807, 2.05) is 18.2 Å². The Morgan fingerprint density at radius 1 is 0.864 bits per heavy atom. The lowest BCUT2D eigenvalue weighted by Gasteiger charge is -2.19. The molecule has 0 aliphatic carbocycles. The molecule has 0 spiro atoms. The number of hydrogen-bond acceptors (Lipinski definition) is 4. The van der Waals surface area contributed by atoms with Crippen LogP contribution in [0.25, 0.3) is 11.3 Å². The monoisotopic (exact) mass is 296 g/mol. The van der Waals surface area contributed by atoms with Gasteiger partial charge in [0.2, 0.25) is 0 Å². The van der Waals surface area contributed by atoms with Gasteiger partial charge in [0.05, 0.1) is 5.69 Å². The summed E-state index contributed by atoms with van der Waals surface area (Å²) in [7, 11) is 2.22. The molecule has 22 heavy (non-hydrogen) atoms. The average molecular weight is 296 g/mol. The Kier molecular flexibility index (Phi) is 4.12. The zero-order valence-corrected chi connectivity index (χ0v) is 12.3. The molecular formula is C18H24N4. The minimum atomic E-state index is 0. The van der Waals surface area contributed by atoms with Crippen LogP contribution in [0.5, 0.6) is 0 Å². The van der Waals surface area contributed by atoms with Gasteiger partial charge >= 0.3 is 0 Å². The second-order valence-corrected chi connectivity index (χ2v) is 6.29. The average Bonchev–Trinajstić information content (AvgIpc) is 3.06. The highest BCUT2D eigenvalue weighted by molar-refractivity contribution is 5.59. The van der Waals surface area contributed by atoms with E-state index in [-0.39, 0.29) is 7.43 Å². The summed E-state index contributed by atoms with van der Waals surface area (Å²) in [6.45, 7) is 4.68. The number of fused-ring (bicyclic) bond motifs is 1. The van der Waals surface area contributed by atoms with E-state index in [9.17, 15) is 0 Å². The topological polar surface area (TPSA) is 32.3 Å². The van der Waals surface area contributed by atoms with E-state index in [0.29, 0.717) is 0 Å². The highest BCUT2D eigenvalue weighted by atomic mass is 15.3. The van der Waals surface area contributed by atoms with Crippen molar-refractivity contribution < 1.29 is 0 Å². The number of likely N-dealkylation sites (tertiary alicyclic amines) is 1. The number of hydrogen-bond donors (Lipinski definition) is 0. The van der Waals surface area contributed by atoms with Crippen molar-refractivity contribution >= 4 is 5.82 Å². The van der Waals surface area contributed by atoms with Gasteiger partial charge in [-0.05, 0) is 31.0 Å². The SMILES string of the molecule is C.CN1CC2CN(c3ccc(-c4ccccc4)nn3)CC2C1. The van der Waals surface area contributed by atoms with Crippen LogP contribution in [0.4, 0.5) is 5.82 Å². The molecule has 2 unspecified atom stereocenters. The van der Waals surface area contributed by atoms with Crippen LogP contribution >= 0.6 is 0 Å². The molecule has 4 nitrogen and oxygen atoms in total. The highest BCUT2D eigenvalue weighted by Gasteiger charge is 2.39. The van der Waals surface area contributed by atoms with Crippen LogP contribution in [0.3, 0.4) is 0 Å². The summed E-state index contributed by atoms with van der Waals surface area (Å²) in [5.74, 6) is 2.61. The second kappa shape index (κ2) is 6.05. The van der Waals surface area contributed by atoms with Gasteiger partial charge in [-0.1, -0.05) is 37.8 Å². The Bertz CT molecular complexity index is 597. The molecule has 0 radical (unpaired) electrons. The Balaban J connectivity index is 0.00000144. The van der Waals surface area contributed by atoms with E-state index in [1.165, 1.54) is 13.1 Å². The van der Waals surface area contributed by atoms with Crippen molar-refractivity contribution in [3.05, 3.63) is 42.5 Å². The Hall–Kier alpha value is -1.94. The molecule has 3 heterocycles. The quantitative estimate of drug-likeness (QED) is 0.853. The van der Waals surface area contributed by atoms with Gasteiger partial charge in [0.1, 0.15) is 0 Å². The van der Waals surface area contributed by atoms with Crippen molar-refractivity contribution in [2.24, 2.45) is 11.8 Å². The van der Waals surface area contributed by atoms with Crippen LogP contribution in [0.1, 0.15) is 7.43 Å². The number of rotatable bonds is 2. The summed E-state index contributed by atoms with van der Waals surface area (Å²) in [5, 5.41) is 8.85. The van der Waals surface area contributed by atoms with Gasteiger partial charge in [0.15, 0.2) is 5.82 Å². The molecule has 116 valence electrons. The normalized spacial score (nSPS) is 24.1. The van der Waals surface area contributed by atoms with Crippen molar-refractivity contribution in [2.75, 3.05) is 38.1 Å². The van der Waals surface area contributed by atoms with Crippen LogP contribution in [-0.2, 0) is 0 Å². The Morgan fingerprint density at radius 3 is 2.14 bits per heavy atom. The summed E-state index contributed by atoms with van der Waals surface area (Å²) < 4.78 is 0. The fourth-order valence-corrected chi connectivity index (χ4v) is 3.67. The molecule has 0 N–H and O–H groups in total. The number of aromatic nitrogens is 2. The smallest absolute Gasteiger partial charge is 0.151 e. The minimum Gasteiger partial charge on any atom is -0.354 e.